The second-order valence-electron chi connectivity index (χ2n) is 7.12. The van der Waals surface area contributed by atoms with Crippen molar-refractivity contribution in [2.24, 2.45) is 23.5 Å². The molecule has 0 radical (unpaired) electrons. The number of carbonyl (C=O) groups excluding carboxylic acids is 1. The molecule has 1 saturated heterocycles. The van der Waals surface area contributed by atoms with Gasteiger partial charge in [0.2, 0.25) is 5.91 Å². The highest BCUT2D eigenvalue weighted by molar-refractivity contribution is 5.78. The SMILES string of the molecule is CC1CCC(C(=O)N(C)CC2CCN(C)CC2)CC1N. The second-order valence-corrected chi connectivity index (χ2v) is 7.12. The molecular formula is C16H31N3O. The Morgan fingerprint density at radius 1 is 1.25 bits per heavy atom. The Morgan fingerprint density at radius 2 is 1.90 bits per heavy atom. The Labute approximate surface area is 123 Å². The zero-order valence-electron chi connectivity index (χ0n) is 13.3. The van der Waals surface area contributed by atoms with E-state index in [1.54, 1.807) is 0 Å². The second kappa shape index (κ2) is 6.90. The van der Waals surface area contributed by atoms with Gasteiger partial charge in [-0.05, 0) is 64.1 Å². The molecule has 116 valence electrons. The molecule has 2 rings (SSSR count). The molecule has 0 spiro atoms. The fourth-order valence-electron chi connectivity index (χ4n) is 3.61. The highest BCUT2D eigenvalue weighted by Gasteiger charge is 2.32. The van der Waals surface area contributed by atoms with Crippen LogP contribution in [-0.4, -0.2) is 55.5 Å². The lowest BCUT2D eigenvalue weighted by atomic mass is 9.79. The third-order valence-corrected chi connectivity index (χ3v) is 5.35. The summed E-state index contributed by atoms with van der Waals surface area (Å²) in [7, 11) is 4.15. The van der Waals surface area contributed by atoms with Crippen molar-refractivity contribution in [1.82, 2.24) is 9.80 Å². The molecule has 0 aromatic heterocycles. The largest absolute Gasteiger partial charge is 0.345 e. The van der Waals surface area contributed by atoms with E-state index in [2.05, 4.69) is 18.9 Å². The van der Waals surface area contributed by atoms with Gasteiger partial charge in [-0.15, -0.1) is 0 Å². The highest BCUT2D eigenvalue weighted by Crippen LogP contribution is 2.29. The quantitative estimate of drug-likeness (QED) is 0.854. The maximum Gasteiger partial charge on any atom is 0.225 e. The Morgan fingerprint density at radius 3 is 2.50 bits per heavy atom. The van der Waals surface area contributed by atoms with Gasteiger partial charge < -0.3 is 15.5 Å². The minimum atomic E-state index is 0.164. The van der Waals surface area contributed by atoms with Crippen LogP contribution in [0.25, 0.3) is 0 Å². The number of amides is 1. The highest BCUT2D eigenvalue weighted by atomic mass is 16.2. The van der Waals surface area contributed by atoms with E-state index < -0.39 is 0 Å². The lowest BCUT2D eigenvalue weighted by Gasteiger charge is -2.35. The van der Waals surface area contributed by atoms with Crippen LogP contribution in [0, 0.1) is 17.8 Å². The smallest absolute Gasteiger partial charge is 0.225 e. The average molecular weight is 281 g/mol. The predicted molar refractivity (Wildman–Crippen MR) is 82.3 cm³/mol. The number of hydrogen-bond donors (Lipinski definition) is 1. The third-order valence-electron chi connectivity index (χ3n) is 5.35. The van der Waals surface area contributed by atoms with Crippen molar-refractivity contribution in [2.75, 3.05) is 33.7 Å². The predicted octanol–water partition coefficient (Wildman–Crippen LogP) is 1.55. The van der Waals surface area contributed by atoms with Gasteiger partial charge in [-0.1, -0.05) is 6.92 Å². The van der Waals surface area contributed by atoms with Crippen molar-refractivity contribution < 1.29 is 4.79 Å². The molecule has 20 heavy (non-hydrogen) atoms. The molecule has 2 N–H and O–H groups in total. The lowest BCUT2D eigenvalue weighted by molar-refractivity contribution is -0.136. The summed E-state index contributed by atoms with van der Waals surface area (Å²) in [6.45, 7) is 5.46. The van der Waals surface area contributed by atoms with Crippen molar-refractivity contribution in [1.29, 1.82) is 0 Å². The number of hydrogen-bond acceptors (Lipinski definition) is 3. The molecule has 1 heterocycles. The van der Waals surface area contributed by atoms with E-state index >= 15 is 0 Å². The first kappa shape index (κ1) is 15.8. The van der Waals surface area contributed by atoms with Gasteiger partial charge in [0.1, 0.15) is 0 Å². The van der Waals surface area contributed by atoms with Gasteiger partial charge in [0, 0.05) is 25.6 Å². The van der Waals surface area contributed by atoms with Crippen LogP contribution in [0.15, 0.2) is 0 Å². The van der Waals surface area contributed by atoms with Gasteiger partial charge in [-0.25, -0.2) is 0 Å². The van der Waals surface area contributed by atoms with E-state index in [-0.39, 0.29) is 12.0 Å². The van der Waals surface area contributed by atoms with Crippen LogP contribution in [0.4, 0.5) is 0 Å². The van der Waals surface area contributed by atoms with E-state index in [0.29, 0.717) is 17.7 Å². The zero-order valence-corrected chi connectivity index (χ0v) is 13.3. The van der Waals surface area contributed by atoms with Crippen molar-refractivity contribution in [3.05, 3.63) is 0 Å². The van der Waals surface area contributed by atoms with Crippen molar-refractivity contribution >= 4 is 5.91 Å². The van der Waals surface area contributed by atoms with Crippen LogP contribution >= 0.6 is 0 Å². The van der Waals surface area contributed by atoms with Gasteiger partial charge in [-0.3, -0.25) is 4.79 Å². The minimum Gasteiger partial charge on any atom is -0.345 e. The number of likely N-dealkylation sites (tertiary alicyclic amines) is 1. The monoisotopic (exact) mass is 281 g/mol. The summed E-state index contributed by atoms with van der Waals surface area (Å²) in [5.74, 6) is 1.73. The van der Waals surface area contributed by atoms with E-state index in [1.807, 2.05) is 11.9 Å². The van der Waals surface area contributed by atoms with Gasteiger partial charge in [0.25, 0.3) is 0 Å². The molecule has 1 aliphatic carbocycles. The van der Waals surface area contributed by atoms with Gasteiger partial charge in [0.15, 0.2) is 0 Å². The first-order valence-electron chi connectivity index (χ1n) is 8.16. The number of nitrogens with zero attached hydrogens (tertiary/aromatic N) is 2. The van der Waals surface area contributed by atoms with Crippen LogP contribution in [0.1, 0.15) is 39.0 Å². The van der Waals surface area contributed by atoms with Crippen LogP contribution in [0.5, 0.6) is 0 Å². The third kappa shape index (κ3) is 3.95. The zero-order chi connectivity index (χ0) is 14.7. The molecule has 4 nitrogen and oxygen atoms in total. The fourth-order valence-corrected chi connectivity index (χ4v) is 3.61. The summed E-state index contributed by atoms with van der Waals surface area (Å²) in [5.41, 5.74) is 6.13. The van der Waals surface area contributed by atoms with Crippen LogP contribution in [0.3, 0.4) is 0 Å². The molecule has 0 aromatic carbocycles. The molecule has 0 bridgehead atoms. The lowest BCUT2D eigenvalue weighted by Crippen LogP contribution is -2.44. The molecule has 4 heteroatoms. The molecule has 0 aromatic rings. The maximum atomic E-state index is 12.5. The molecule has 2 fully saturated rings. The van der Waals surface area contributed by atoms with Gasteiger partial charge >= 0.3 is 0 Å². The summed E-state index contributed by atoms with van der Waals surface area (Å²) in [4.78, 5) is 16.9. The summed E-state index contributed by atoms with van der Waals surface area (Å²) >= 11 is 0. The number of nitrogens with two attached hydrogens (primary N) is 1. The average Bonchev–Trinajstić information content (AvgIpc) is 2.43. The number of rotatable bonds is 3. The molecule has 3 unspecified atom stereocenters. The minimum absolute atomic E-state index is 0.164. The van der Waals surface area contributed by atoms with Crippen LogP contribution in [0.2, 0.25) is 0 Å². The Hall–Kier alpha value is -0.610. The molecule has 1 amide bonds. The van der Waals surface area contributed by atoms with Crippen molar-refractivity contribution in [3.8, 4) is 0 Å². The maximum absolute atomic E-state index is 12.5. The summed E-state index contributed by atoms with van der Waals surface area (Å²) in [5, 5.41) is 0. The van der Waals surface area contributed by atoms with E-state index in [0.717, 1.165) is 25.8 Å². The number of piperidine rings is 1. The van der Waals surface area contributed by atoms with E-state index in [9.17, 15) is 4.79 Å². The topological polar surface area (TPSA) is 49.6 Å². The summed E-state index contributed by atoms with van der Waals surface area (Å²) in [6.07, 6.45) is 5.42. The fraction of sp³-hybridized carbons (Fsp3) is 0.938. The summed E-state index contributed by atoms with van der Waals surface area (Å²) < 4.78 is 0. The number of carbonyl (C=O) groups is 1. The van der Waals surface area contributed by atoms with Crippen LogP contribution in [-0.2, 0) is 4.79 Å². The Balaban J connectivity index is 1.80. The molecule has 1 saturated carbocycles. The van der Waals surface area contributed by atoms with Gasteiger partial charge in [-0.2, -0.15) is 0 Å². The first-order valence-corrected chi connectivity index (χ1v) is 8.16. The Kier molecular flexibility index (Phi) is 5.44. The molecular weight excluding hydrogens is 250 g/mol. The van der Waals surface area contributed by atoms with E-state index in [1.165, 1.54) is 25.9 Å². The van der Waals surface area contributed by atoms with Gasteiger partial charge in [0.05, 0.1) is 0 Å². The van der Waals surface area contributed by atoms with Crippen molar-refractivity contribution in [2.45, 2.75) is 45.1 Å². The van der Waals surface area contributed by atoms with E-state index in [4.69, 9.17) is 5.73 Å². The van der Waals surface area contributed by atoms with Crippen molar-refractivity contribution in [3.63, 3.8) is 0 Å². The van der Waals surface area contributed by atoms with Crippen LogP contribution < -0.4 is 5.73 Å². The normalized spacial score (nSPS) is 33.1. The Bertz CT molecular complexity index is 326. The molecule has 3 atom stereocenters. The summed E-state index contributed by atoms with van der Waals surface area (Å²) in [6, 6.07) is 0.203. The molecule has 2 aliphatic rings. The molecule has 1 aliphatic heterocycles. The first-order chi connectivity index (χ1) is 9.47. The standard InChI is InChI=1S/C16H31N3O/c1-12-4-5-14(10-15(12)17)16(20)19(3)11-13-6-8-18(2)9-7-13/h12-15H,4-11,17H2,1-3H3.